The predicted molar refractivity (Wildman–Crippen MR) is 113 cm³/mol. The molecule has 1 aromatic heterocycles. The topological polar surface area (TPSA) is 250 Å². The molecule has 1 aromatic carbocycles. The van der Waals surface area contributed by atoms with Gasteiger partial charge >= 0.3 is 29.9 Å². The highest BCUT2D eigenvalue weighted by atomic mass is 19.4. The van der Waals surface area contributed by atoms with Gasteiger partial charge in [-0.15, -0.1) is 0 Å². The molecule has 216 valence electrons. The Labute approximate surface area is 213 Å². The normalized spacial score (nSPS) is 19.4. The lowest BCUT2D eigenvalue weighted by Gasteiger charge is -2.54. The SMILES string of the molecule is CCNc1nc(Nc2cc(F)c(C(=O)N3C(O)(O)C(O)(O)OC(O)(O)C3(O)O)cc2OC)ncc1C(F)(F)F. The first-order valence-electron chi connectivity index (χ1n) is 10.4. The van der Waals surface area contributed by atoms with E-state index in [1.807, 2.05) is 0 Å². The van der Waals surface area contributed by atoms with Gasteiger partial charge in [0.1, 0.15) is 22.9 Å². The Hall–Kier alpha value is -3.47. The molecule has 1 aliphatic rings. The zero-order valence-corrected chi connectivity index (χ0v) is 19.6. The van der Waals surface area contributed by atoms with Crippen LogP contribution in [-0.4, -0.2) is 99.1 Å². The lowest BCUT2D eigenvalue weighted by molar-refractivity contribution is -0.649. The van der Waals surface area contributed by atoms with Gasteiger partial charge < -0.3 is 56.2 Å². The molecule has 2 heterocycles. The average molecular weight is 571 g/mol. The third kappa shape index (κ3) is 5.11. The number of halogens is 4. The van der Waals surface area contributed by atoms with E-state index in [4.69, 9.17) is 4.74 Å². The van der Waals surface area contributed by atoms with Gasteiger partial charge in [0.25, 0.3) is 5.91 Å². The van der Waals surface area contributed by atoms with Crippen molar-refractivity contribution >= 4 is 23.4 Å². The number of carbonyl (C=O) groups is 1. The summed E-state index contributed by atoms with van der Waals surface area (Å²) in [5.41, 5.74) is -2.93. The molecule has 0 unspecified atom stereocenters. The van der Waals surface area contributed by atoms with Gasteiger partial charge in [-0.05, 0) is 13.0 Å². The maximum atomic E-state index is 15.0. The van der Waals surface area contributed by atoms with Crippen LogP contribution >= 0.6 is 0 Å². The molecule has 20 heteroatoms. The molecular weight excluding hydrogens is 550 g/mol. The molecule has 1 fully saturated rings. The van der Waals surface area contributed by atoms with Crippen LogP contribution in [0.1, 0.15) is 22.8 Å². The quantitative estimate of drug-likeness (QED) is 0.131. The fourth-order valence-electron chi connectivity index (χ4n) is 3.30. The van der Waals surface area contributed by atoms with E-state index in [2.05, 4.69) is 25.3 Å². The number of alkyl halides is 3. The van der Waals surface area contributed by atoms with Crippen LogP contribution in [0.4, 0.5) is 35.0 Å². The second-order valence-corrected chi connectivity index (χ2v) is 7.87. The van der Waals surface area contributed by atoms with E-state index in [1.54, 1.807) is 0 Å². The summed E-state index contributed by atoms with van der Waals surface area (Å²) >= 11 is 0. The molecule has 1 aliphatic heterocycles. The Bertz CT molecular complexity index is 1250. The third-order valence-corrected chi connectivity index (χ3v) is 5.19. The van der Waals surface area contributed by atoms with Crippen molar-refractivity contribution in [2.45, 2.75) is 36.9 Å². The molecule has 1 amide bonds. The Morgan fingerprint density at radius 1 is 1.08 bits per heavy atom. The highest BCUT2D eigenvalue weighted by Crippen LogP contribution is 2.43. The minimum absolute atomic E-state index is 0.0379. The minimum Gasteiger partial charge on any atom is -0.495 e. The van der Waals surface area contributed by atoms with Crippen LogP contribution in [0.2, 0.25) is 0 Å². The van der Waals surface area contributed by atoms with Crippen molar-refractivity contribution in [3.63, 3.8) is 0 Å². The first-order chi connectivity index (χ1) is 17.7. The molecule has 3 rings (SSSR count). The molecule has 0 spiro atoms. The van der Waals surface area contributed by atoms with E-state index in [0.29, 0.717) is 18.3 Å². The van der Waals surface area contributed by atoms with E-state index in [-0.39, 0.29) is 6.54 Å². The van der Waals surface area contributed by atoms with E-state index < -0.39 is 80.9 Å². The number of amides is 1. The Morgan fingerprint density at radius 3 is 2.13 bits per heavy atom. The Morgan fingerprint density at radius 2 is 1.64 bits per heavy atom. The molecule has 0 radical (unpaired) electrons. The zero-order chi connectivity index (χ0) is 29.8. The van der Waals surface area contributed by atoms with Crippen LogP contribution in [0.5, 0.6) is 5.75 Å². The van der Waals surface area contributed by atoms with E-state index in [1.165, 1.54) is 6.92 Å². The Kier molecular flexibility index (Phi) is 7.42. The largest absolute Gasteiger partial charge is 0.495 e. The van der Waals surface area contributed by atoms with Crippen molar-refractivity contribution < 1.29 is 72.7 Å². The van der Waals surface area contributed by atoms with Crippen molar-refractivity contribution in [2.75, 3.05) is 24.3 Å². The number of hydrogen-bond donors (Lipinski definition) is 10. The third-order valence-electron chi connectivity index (χ3n) is 5.19. The zero-order valence-electron chi connectivity index (χ0n) is 19.6. The smallest absolute Gasteiger partial charge is 0.421 e. The number of aromatic nitrogens is 2. The lowest BCUT2D eigenvalue weighted by atomic mass is 10.1. The van der Waals surface area contributed by atoms with Crippen LogP contribution in [-0.2, 0) is 10.9 Å². The summed E-state index contributed by atoms with van der Waals surface area (Å²) in [4.78, 5) is 19.0. The van der Waals surface area contributed by atoms with Gasteiger partial charge in [0.05, 0.1) is 18.4 Å². The molecular formula is C19H21F4N5O11. The monoisotopic (exact) mass is 571 g/mol. The number of rotatable bonds is 6. The summed E-state index contributed by atoms with van der Waals surface area (Å²) in [6.07, 6.45) is -4.38. The van der Waals surface area contributed by atoms with Crippen LogP contribution in [0.3, 0.4) is 0 Å². The number of nitrogens with one attached hydrogen (secondary N) is 2. The Balaban J connectivity index is 2.06. The number of aliphatic hydroxyl groups is 8. The molecule has 0 saturated carbocycles. The summed E-state index contributed by atoms with van der Waals surface area (Å²) in [7, 11) is 0.975. The van der Waals surface area contributed by atoms with Gasteiger partial charge in [-0.25, -0.2) is 14.3 Å². The highest BCUT2D eigenvalue weighted by molar-refractivity contribution is 5.96. The first kappa shape index (κ1) is 30.1. The number of nitrogens with zero attached hydrogens (tertiary/aromatic N) is 3. The number of anilines is 3. The van der Waals surface area contributed by atoms with Crippen LogP contribution < -0.4 is 15.4 Å². The number of benzene rings is 1. The van der Waals surface area contributed by atoms with Crippen LogP contribution in [0.15, 0.2) is 18.3 Å². The molecule has 39 heavy (non-hydrogen) atoms. The summed E-state index contributed by atoms with van der Waals surface area (Å²) in [6.45, 7) is 1.53. The van der Waals surface area contributed by atoms with Crippen molar-refractivity contribution in [1.82, 2.24) is 14.9 Å². The predicted octanol–water partition coefficient (Wildman–Crippen LogP) is -2.16. The van der Waals surface area contributed by atoms with Gasteiger partial charge in [-0.2, -0.15) is 18.2 Å². The van der Waals surface area contributed by atoms with E-state index >= 15 is 4.39 Å². The standard InChI is InChI=1S/C19H21F4N5O11/c1-3-24-12-8(15(21,22)23)6-25-14(27-12)26-10-5-9(20)7(4-11(10)38-2)13(29)28-16(30,31)18(34,35)39-19(36,37)17(28,32)33/h4-6,30-37H,3H2,1-2H3,(H2,24,25,26,27). The van der Waals surface area contributed by atoms with Crippen molar-refractivity contribution in [1.29, 1.82) is 0 Å². The van der Waals surface area contributed by atoms with Crippen molar-refractivity contribution in [3.05, 3.63) is 35.3 Å². The van der Waals surface area contributed by atoms with Gasteiger partial charge in [-0.1, -0.05) is 0 Å². The van der Waals surface area contributed by atoms with E-state index in [0.717, 1.165) is 7.11 Å². The van der Waals surface area contributed by atoms with Gasteiger partial charge in [0, 0.05) is 18.8 Å². The summed E-state index contributed by atoms with van der Waals surface area (Å²) in [5, 5.41) is 83.2. The average Bonchev–Trinajstić information content (AvgIpc) is 2.77. The number of ether oxygens (including phenoxy) is 2. The molecule has 16 nitrogen and oxygen atoms in total. The van der Waals surface area contributed by atoms with Gasteiger partial charge in [0.2, 0.25) is 5.95 Å². The first-order valence-corrected chi connectivity index (χ1v) is 10.4. The van der Waals surface area contributed by atoms with Gasteiger partial charge in [0.15, 0.2) is 0 Å². The molecule has 0 bridgehead atoms. The van der Waals surface area contributed by atoms with Crippen molar-refractivity contribution in [2.24, 2.45) is 0 Å². The van der Waals surface area contributed by atoms with E-state index in [9.17, 15) is 58.8 Å². The second kappa shape index (κ2) is 9.62. The fourth-order valence-corrected chi connectivity index (χ4v) is 3.30. The fraction of sp³-hybridized carbons (Fsp3) is 0.421. The maximum absolute atomic E-state index is 15.0. The summed E-state index contributed by atoms with van der Waals surface area (Å²) in [5.74, 6) is -23.5. The number of morpholine rings is 1. The number of methoxy groups -OCH3 is 1. The molecule has 10 N–H and O–H groups in total. The highest BCUT2D eigenvalue weighted by Gasteiger charge is 2.76. The van der Waals surface area contributed by atoms with Crippen LogP contribution in [0.25, 0.3) is 0 Å². The number of carbonyl (C=O) groups excluding carboxylic acids is 1. The number of hydrogen-bond acceptors (Lipinski definition) is 15. The van der Waals surface area contributed by atoms with Gasteiger partial charge in [-0.3, -0.25) is 9.53 Å². The van der Waals surface area contributed by atoms with Crippen LogP contribution in [0, 0.1) is 5.82 Å². The molecule has 0 aliphatic carbocycles. The lowest BCUT2D eigenvalue weighted by Crippen LogP contribution is -2.85. The molecule has 1 saturated heterocycles. The summed E-state index contributed by atoms with van der Waals surface area (Å²) in [6, 6.07) is 0.952. The van der Waals surface area contributed by atoms with Crippen molar-refractivity contribution in [3.8, 4) is 5.75 Å². The maximum Gasteiger partial charge on any atom is 0.421 e. The molecule has 0 atom stereocenters. The second-order valence-electron chi connectivity index (χ2n) is 7.87. The summed E-state index contributed by atoms with van der Waals surface area (Å²) < 4.78 is 63.2. The molecule has 2 aromatic rings. The minimum atomic E-state index is -4.81.